The summed E-state index contributed by atoms with van der Waals surface area (Å²) >= 11 is 0. The highest BCUT2D eigenvalue weighted by Gasteiger charge is 2.21. The Morgan fingerprint density at radius 2 is 1.89 bits per heavy atom. The second kappa shape index (κ2) is 6.06. The minimum absolute atomic E-state index is 0.211. The summed E-state index contributed by atoms with van der Waals surface area (Å²) in [6.07, 6.45) is 0. The number of hydrogen-bond acceptors (Lipinski definition) is 3. The van der Waals surface area contributed by atoms with Crippen LogP contribution in [0.4, 0.5) is 0 Å². The average Bonchev–Trinajstić information content (AvgIpc) is 2.35. The van der Waals surface area contributed by atoms with Gasteiger partial charge in [-0.3, -0.25) is 0 Å². The molecule has 104 valence electrons. The zero-order chi connectivity index (χ0) is 14.5. The SMILES string of the molecule is Cc1ccc(S(=O)(=O)NCC(C)(C)CN=[N+]=[N-])cc1. The van der Waals surface area contributed by atoms with Crippen LogP contribution in [0.2, 0.25) is 0 Å². The molecule has 6 nitrogen and oxygen atoms in total. The van der Waals surface area contributed by atoms with E-state index in [1.54, 1.807) is 24.3 Å². The number of rotatable bonds is 6. The first-order valence-electron chi connectivity index (χ1n) is 5.84. The van der Waals surface area contributed by atoms with E-state index in [0.717, 1.165) is 5.56 Å². The Morgan fingerprint density at radius 3 is 2.42 bits per heavy atom. The molecule has 0 radical (unpaired) electrons. The molecule has 1 aromatic rings. The van der Waals surface area contributed by atoms with Crippen molar-refractivity contribution in [1.29, 1.82) is 0 Å². The summed E-state index contributed by atoms with van der Waals surface area (Å²) in [5.41, 5.74) is 8.86. The monoisotopic (exact) mass is 282 g/mol. The topological polar surface area (TPSA) is 94.9 Å². The summed E-state index contributed by atoms with van der Waals surface area (Å²) in [7, 11) is -3.52. The third-order valence-corrected chi connectivity index (χ3v) is 4.05. The van der Waals surface area contributed by atoms with Crippen LogP contribution < -0.4 is 4.72 Å². The van der Waals surface area contributed by atoms with E-state index in [1.165, 1.54) is 0 Å². The molecule has 0 aliphatic rings. The molecule has 7 heteroatoms. The predicted octanol–water partition coefficient (Wildman–Crippen LogP) is 2.61. The minimum atomic E-state index is -3.52. The molecule has 0 saturated heterocycles. The van der Waals surface area contributed by atoms with Gasteiger partial charge in [-0.15, -0.1) is 0 Å². The molecule has 0 fully saturated rings. The molecule has 0 saturated carbocycles. The molecule has 19 heavy (non-hydrogen) atoms. The second-order valence-electron chi connectivity index (χ2n) is 5.19. The Kier molecular flexibility index (Phi) is 4.94. The van der Waals surface area contributed by atoms with Crippen molar-refractivity contribution in [2.75, 3.05) is 13.1 Å². The number of aryl methyl sites for hydroxylation is 1. The molecular formula is C12H18N4O2S. The fourth-order valence-corrected chi connectivity index (χ4v) is 2.61. The van der Waals surface area contributed by atoms with Crippen LogP contribution in [-0.2, 0) is 10.0 Å². The maximum Gasteiger partial charge on any atom is 0.240 e. The maximum atomic E-state index is 12.0. The van der Waals surface area contributed by atoms with Gasteiger partial charge in [0.2, 0.25) is 10.0 Å². The van der Waals surface area contributed by atoms with Crippen LogP contribution in [0.1, 0.15) is 19.4 Å². The zero-order valence-electron chi connectivity index (χ0n) is 11.3. The van der Waals surface area contributed by atoms with Gasteiger partial charge in [-0.25, -0.2) is 13.1 Å². The fourth-order valence-electron chi connectivity index (χ4n) is 1.37. The lowest BCUT2D eigenvalue weighted by molar-refractivity contribution is 0.375. The maximum absolute atomic E-state index is 12.0. The first-order chi connectivity index (χ1) is 8.77. The van der Waals surface area contributed by atoms with Gasteiger partial charge >= 0.3 is 0 Å². The van der Waals surface area contributed by atoms with Crippen molar-refractivity contribution in [3.8, 4) is 0 Å². The fraction of sp³-hybridized carbons (Fsp3) is 0.500. The second-order valence-corrected chi connectivity index (χ2v) is 6.96. The van der Waals surface area contributed by atoms with Crippen LogP contribution in [0.25, 0.3) is 10.4 Å². The van der Waals surface area contributed by atoms with Crippen LogP contribution in [0.3, 0.4) is 0 Å². The highest BCUT2D eigenvalue weighted by atomic mass is 32.2. The van der Waals surface area contributed by atoms with Crippen LogP contribution in [-0.4, -0.2) is 21.5 Å². The van der Waals surface area contributed by atoms with Crippen molar-refractivity contribution in [2.45, 2.75) is 25.7 Å². The molecule has 1 aromatic carbocycles. The van der Waals surface area contributed by atoms with Crippen molar-refractivity contribution in [3.63, 3.8) is 0 Å². The molecule has 0 aliphatic carbocycles. The number of sulfonamides is 1. The number of benzene rings is 1. The van der Waals surface area contributed by atoms with E-state index in [4.69, 9.17) is 5.53 Å². The molecule has 0 aromatic heterocycles. The molecule has 0 amide bonds. The van der Waals surface area contributed by atoms with E-state index in [1.807, 2.05) is 20.8 Å². The standard InChI is InChI=1S/C12H18N4O2S/c1-10-4-6-11(7-5-10)19(17,18)15-9-12(2,3)8-14-16-13/h4-7,15H,8-9H2,1-3H3. The van der Waals surface area contributed by atoms with Gasteiger partial charge in [0.05, 0.1) is 4.90 Å². The van der Waals surface area contributed by atoms with Crippen LogP contribution in [0, 0.1) is 12.3 Å². The van der Waals surface area contributed by atoms with Crippen LogP contribution >= 0.6 is 0 Å². The zero-order valence-corrected chi connectivity index (χ0v) is 12.1. The summed E-state index contributed by atoms with van der Waals surface area (Å²) in [6, 6.07) is 6.63. The molecule has 1 N–H and O–H groups in total. The van der Waals surface area contributed by atoms with E-state index < -0.39 is 15.4 Å². The van der Waals surface area contributed by atoms with Gasteiger partial charge in [-0.2, -0.15) is 0 Å². The van der Waals surface area contributed by atoms with E-state index in [0.29, 0.717) is 0 Å². The smallest absolute Gasteiger partial charge is 0.211 e. The van der Waals surface area contributed by atoms with Crippen molar-refractivity contribution < 1.29 is 8.42 Å². The molecule has 0 aliphatic heterocycles. The summed E-state index contributed by atoms with van der Waals surface area (Å²) in [5, 5.41) is 3.47. The number of nitrogens with zero attached hydrogens (tertiary/aromatic N) is 3. The number of hydrogen-bond donors (Lipinski definition) is 1. The van der Waals surface area contributed by atoms with E-state index >= 15 is 0 Å². The summed E-state index contributed by atoms with van der Waals surface area (Å²) in [5.74, 6) is 0. The van der Waals surface area contributed by atoms with E-state index in [9.17, 15) is 8.42 Å². The van der Waals surface area contributed by atoms with Gasteiger partial charge < -0.3 is 0 Å². The van der Waals surface area contributed by atoms with Gasteiger partial charge in [-0.1, -0.05) is 36.7 Å². The number of azide groups is 1. The Labute approximate surface area is 113 Å². The lowest BCUT2D eigenvalue weighted by Gasteiger charge is -2.22. The Bertz CT molecular complexity index is 572. The molecule has 0 bridgehead atoms. The highest BCUT2D eigenvalue weighted by molar-refractivity contribution is 7.89. The average molecular weight is 282 g/mol. The molecule has 1 rings (SSSR count). The summed E-state index contributed by atoms with van der Waals surface area (Å²) in [4.78, 5) is 2.91. The third-order valence-electron chi connectivity index (χ3n) is 2.63. The first kappa shape index (κ1) is 15.5. The highest BCUT2D eigenvalue weighted by Crippen LogP contribution is 2.16. The Hall–Kier alpha value is -1.56. The van der Waals surface area contributed by atoms with Crippen LogP contribution in [0.15, 0.2) is 34.3 Å². The molecular weight excluding hydrogens is 264 g/mol. The van der Waals surface area contributed by atoms with Crippen molar-refractivity contribution in [2.24, 2.45) is 10.5 Å². The largest absolute Gasteiger partial charge is 0.240 e. The van der Waals surface area contributed by atoms with Crippen molar-refractivity contribution in [3.05, 3.63) is 40.3 Å². The summed E-state index contributed by atoms with van der Waals surface area (Å²) < 4.78 is 26.6. The van der Waals surface area contributed by atoms with Gasteiger partial charge in [0.1, 0.15) is 0 Å². The predicted molar refractivity (Wildman–Crippen MR) is 74.2 cm³/mol. The first-order valence-corrected chi connectivity index (χ1v) is 7.32. The molecule has 0 spiro atoms. The normalized spacial score (nSPS) is 11.9. The lowest BCUT2D eigenvalue weighted by atomic mass is 9.94. The summed E-state index contributed by atoms with van der Waals surface area (Å²) in [6.45, 7) is 6.01. The third kappa shape index (κ3) is 4.90. The van der Waals surface area contributed by atoms with Crippen LogP contribution in [0.5, 0.6) is 0 Å². The lowest BCUT2D eigenvalue weighted by Crippen LogP contribution is -2.35. The molecule has 0 atom stereocenters. The van der Waals surface area contributed by atoms with E-state index in [-0.39, 0.29) is 18.0 Å². The Morgan fingerprint density at radius 1 is 1.32 bits per heavy atom. The number of nitrogens with one attached hydrogen (secondary N) is 1. The van der Waals surface area contributed by atoms with Gasteiger partial charge in [0.25, 0.3) is 0 Å². The van der Waals surface area contributed by atoms with Crippen molar-refractivity contribution >= 4 is 10.0 Å². The molecule has 0 unspecified atom stereocenters. The Balaban J connectivity index is 2.75. The van der Waals surface area contributed by atoms with Gasteiger partial charge in [0.15, 0.2) is 0 Å². The molecule has 0 heterocycles. The van der Waals surface area contributed by atoms with Crippen molar-refractivity contribution in [1.82, 2.24) is 4.72 Å². The quantitative estimate of drug-likeness (QED) is 0.493. The van der Waals surface area contributed by atoms with Gasteiger partial charge in [-0.05, 0) is 30.0 Å². The van der Waals surface area contributed by atoms with E-state index in [2.05, 4.69) is 14.7 Å². The van der Waals surface area contributed by atoms with Gasteiger partial charge in [0, 0.05) is 18.0 Å². The minimum Gasteiger partial charge on any atom is -0.211 e.